The molecule has 2 atom stereocenters. The van der Waals surface area contributed by atoms with Crippen molar-refractivity contribution in [1.82, 2.24) is 4.90 Å². The lowest BCUT2D eigenvalue weighted by atomic mass is 9.95. The molecule has 1 aromatic carbocycles. The van der Waals surface area contributed by atoms with Gasteiger partial charge in [-0.15, -0.1) is 0 Å². The Kier molecular flexibility index (Phi) is 5.16. The van der Waals surface area contributed by atoms with Crippen LogP contribution in [-0.4, -0.2) is 35.1 Å². The van der Waals surface area contributed by atoms with Crippen molar-refractivity contribution < 1.29 is 14.3 Å². The Hall–Kier alpha value is -0.940. The molecule has 1 N–H and O–H groups in total. The van der Waals surface area contributed by atoms with E-state index >= 15 is 0 Å². The highest BCUT2D eigenvalue weighted by Gasteiger charge is 2.26. The first kappa shape index (κ1) is 15.4. The van der Waals surface area contributed by atoms with E-state index in [4.69, 9.17) is 0 Å². The zero-order valence-electron chi connectivity index (χ0n) is 11.5. The monoisotopic (exact) mass is 343 g/mol. The molecule has 0 spiro atoms. The molecule has 0 radical (unpaired) electrons. The van der Waals surface area contributed by atoms with Crippen molar-refractivity contribution in [2.75, 3.05) is 13.1 Å². The molecule has 1 aliphatic heterocycles. The standard InChI is InChI=1S/C15H19BrFNO2/c1-10-6-7-18(9-14(10)19)15(20)5-2-11-8-12(17)3-4-13(11)16/h3-4,8,10,14,19H,2,5-7,9H2,1H3. The molecule has 0 aromatic heterocycles. The molecule has 110 valence electrons. The maximum atomic E-state index is 13.2. The van der Waals surface area contributed by atoms with Crippen LogP contribution in [0.4, 0.5) is 4.39 Å². The average Bonchev–Trinajstić information content (AvgIpc) is 2.42. The van der Waals surface area contributed by atoms with E-state index in [1.807, 2.05) is 6.92 Å². The van der Waals surface area contributed by atoms with Crippen LogP contribution in [0.2, 0.25) is 0 Å². The van der Waals surface area contributed by atoms with Crippen LogP contribution in [-0.2, 0) is 11.2 Å². The Bertz CT molecular complexity index is 495. The van der Waals surface area contributed by atoms with Crippen LogP contribution in [0.3, 0.4) is 0 Å². The minimum Gasteiger partial charge on any atom is -0.391 e. The third kappa shape index (κ3) is 3.79. The zero-order valence-corrected chi connectivity index (χ0v) is 13.1. The van der Waals surface area contributed by atoms with Crippen molar-refractivity contribution in [3.05, 3.63) is 34.1 Å². The Balaban J connectivity index is 1.90. The molecule has 0 saturated carbocycles. The van der Waals surface area contributed by atoms with Crippen LogP contribution < -0.4 is 0 Å². The van der Waals surface area contributed by atoms with E-state index in [1.54, 1.807) is 11.0 Å². The highest BCUT2D eigenvalue weighted by Crippen LogP contribution is 2.21. The van der Waals surface area contributed by atoms with E-state index in [0.717, 1.165) is 16.5 Å². The number of likely N-dealkylation sites (tertiary alicyclic amines) is 1. The van der Waals surface area contributed by atoms with Crippen molar-refractivity contribution in [1.29, 1.82) is 0 Å². The Labute approximate surface area is 126 Å². The van der Waals surface area contributed by atoms with Crippen molar-refractivity contribution >= 4 is 21.8 Å². The number of hydrogen-bond donors (Lipinski definition) is 1. The molecule has 2 unspecified atom stereocenters. The zero-order chi connectivity index (χ0) is 14.7. The Morgan fingerprint density at radius 2 is 2.30 bits per heavy atom. The van der Waals surface area contributed by atoms with Gasteiger partial charge in [-0.2, -0.15) is 0 Å². The van der Waals surface area contributed by atoms with E-state index in [9.17, 15) is 14.3 Å². The van der Waals surface area contributed by atoms with Crippen molar-refractivity contribution in [2.45, 2.75) is 32.3 Å². The topological polar surface area (TPSA) is 40.5 Å². The molecule has 1 amide bonds. The highest BCUT2D eigenvalue weighted by atomic mass is 79.9. The second-order valence-electron chi connectivity index (χ2n) is 5.41. The van der Waals surface area contributed by atoms with Crippen LogP contribution in [0.25, 0.3) is 0 Å². The van der Waals surface area contributed by atoms with Gasteiger partial charge in [-0.3, -0.25) is 4.79 Å². The number of carbonyl (C=O) groups excluding carboxylic acids is 1. The molecule has 5 heteroatoms. The molecule has 1 saturated heterocycles. The van der Waals surface area contributed by atoms with Gasteiger partial charge in [0.1, 0.15) is 5.82 Å². The summed E-state index contributed by atoms with van der Waals surface area (Å²) in [5, 5.41) is 9.81. The Morgan fingerprint density at radius 3 is 3.00 bits per heavy atom. The minimum atomic E-state index is -0.436. The van der Waals surface area contributed by atoms with E-state index in [-0.39, 0.29) is 17.6 Å². The first-order chi connectivity index (χ1) is 9.47. The molecule has 3 nitrogen and oxygen atoms in total. The predicted molar refractivity (Wildman–Crippen MR) is 78.8 cm³/mol. The van der Waals surface area contributed by atoms with Gasteiger partial charge in [0.2, 0.25) is 5.91 Å². The molecule has 2 rings (SSSR count). The molecular weight excluding hydrogens is 325 g/mol. The third-order valence-corrected chi connectivity index (χ3v) is 4.66. The van der Waals surface area contributed by atoms with Crippen molar-refractivity contribution in [3.8, 4) is 0 Å². The number of aliphatic hydroxyl groups excluding tert-OH is 1. The number of aryl methyl sites for hydroxylation is 1. The maximum absolute atomic E-state index is 13.2. The van der Waals surface area contributed by atoms with Gasteiger partial charge >= 0.3 is 0 Å². The summed E-state index contributed by atoms with van der Waals surface area (Å²) >= 11 is 3.36. The number of nitrogens with zero attached hydrogens (tertiary/aromatic N) is 1. The van der Waals surface area contributed by atoms with Crippen molar-refractivity contribution in [3.63, 3.8) is 0 Å². The number of amides is 1. The SMILES string of the molecule is CC1CCN(C(=O)CCc2cc(F)ccc2Br)CC1O. The number of carbonyl (C=O) groups is 1. The summed E-state index contributed by atoms with van der Waals surface area (Å²) in [6, 6.07) is 4.49. The number of halogens is 2. The second kappa shape index (κ2) is 6.68. The van der Waals surface area contributed by atoms with Crippen LogP contribution >= 0.6 is 15.9 Å². The predicted octanol–water partition coefficient (Wildman–Crippen LogP) is 2.75. The van der Waals surface area contributed by atoms with E-state index in [0.29, 0.717) is 25.9 Å². The number of β-amino-alcohol motifs (C(OH)–C–C–N with tert-alkyl or cyclic N) is 1. The van der Waals surface area contributed by atoms with Crippen molar-refractivity contribution in [2.24, 2.45) is 5.92 Å². The summed E-state index contributed by atoms with van der Waals surface area (Å²) < 4.78 is 14.0. The lowest BCUT2D eigenvalue weighted by molar-refractivity contribution is -0.135. The molecule has 20 heavy (non-hydrogen) atoms. The quantitative estimate of drug-likeness (QED) is 0.916. The first-order valence-corrected chi connectivity index (χ1v) is 7.66. The Morgan fingerprint density at radius 1 is 1.55 bits per heavy atom. The van der Waals surface area contributed by atoms with Gasteiger partial charge in [-0.05, 0) is 42.5 Å². The van der Waals surface area contributed by atoms with Gasteiger partial charge in [0, 0.05) is 24.0 Å². The van der Waals surface area contributed by atoms with Gasteiger partial charge in [0.25, 0.3) is 0 Å². The molecule has 1 heterocycles. The van der Waals surface area contributed by atoms with Gasteiger partial charge in [-0.1, -0.05) is 22.9 Å². The van der Waals surface area contributed by atoms with E-state index in [2.05, 4.69) is 15.9 Å². The summed E-state index contributed by atoms with van der Waals surface area (Å²) in [7, 11) is 0. The smallest absolute Gasteiger partial charge is 0.222 e. The number of aliphatic hydroxyl groups is 1. The first-order valence-electron chi connectivity index (χ1n) is 6.87. The summed E-state index contributed by atoms with van der Waals surface area (Å²) in [5.74, 6) is -0.0265. The van der Waals surface area contributed by atoms with Gasteiger partial charge < -0.3 is 10.0 Å². The molecule has 0 bridgehead atoms. The fourth-order valence-electron chi connectivity index (χ4n) is 2.41. The van der Waals surface area contributed by atoms with Crippen LogP contribution in [0, 0.1) is 11.7 Å². The van der Waals surface area contributed by atoms with Gasteiger partial charge in [0.15, 0.2) is 0 Å². The normalized spacial score (nSPS) is 22.9. The molecule has 1 aromatic rings. The summed E-state index contributed by atoms with van der Waals surface area (Å²) in [6.07, 6.45) is 1.23. The van der Waals surface area contributed by atoms with Crippen LogP contribution in [0.1, 0.15) is 25.3 Å². The minimum absolute atomic E-state index is 0.0205. The maximum Gasteiger partial charge on any atom is 0.222 e. The van der Waals surface area contributed by atoms with E-state index in [1.165, 1.54) is 12.1 Å². The number of piperidine rings is 1. The molecule has 0 aliphatic carbocycles. The van der Waals surface area contributed by atoms with Crippen LogP contribution in [0.5, 0.6) is 0 Å². The summed E-state index contributed by atoms with van der Waals surface area (Å²) in [4.78, 5) is 13.8. The van der Waals surface area contributed by atoms with Gasteiger partial charge in [0.05, 0.1) is 6.10 Å². The molecule has 1 aliphatic rings. The fraction of sp³-hybridized carbons (Fsp3) is 0.533. The molecular formula is C15H19BrFNO2. The second-order valence-corrected chi connectivity index (χ2v) is 6.26. The highest BCUT2D eigenvalue weighted by molar-refractivity contribution is 9.10. The largest absolute Gasteiger partial charge is 0.391 e. The van der Waals surface area contributed by atoms with E-state index < -0.39 is 6.10 Å². The number of benzene rings is 1. The van der Waals surface area contributed by atoms with Crippen LogP contribution in [0.15, 0.2) is 22.7 Å². The lowest BCUT2D eigenvalue weighted by Gasteiger charge is -2.34. The average molecular weight is 344 g/mol. The lowest BCUT2D eigenvalue weighted by Crippen LogP contribution is -2.45. The number of rotatable bonds is 3. The number of hydrogen-bond acceptors (Lipinski definition) is 2. The summed E-state index contributed by atoms with van der Waals surface area (Å²) in [6.45, 7) is 3.10. The summed E-state index contributed by atoms with van der Waals surface area (Å²) in [5.41, 5.74) is 0.796. The molecule has 1 fully saturated rings. The van der Waals surface area contributed by atoms with Gasteiger partial charge in [-0.25, -0.2) is 4.39 Å². The third-order valence-electron chi connectivity index (χ3n) is 3.89. The fourth-order valence-corrected chi connectivity index (χ4v) is 2.85.